The standard InChI is InChI=1S/C21H27FN4O9/c1-2-34-21(33)26-15-13(35-20(32)18(31)17(30)16(29)12(28)9-27)7-14(25-19(15)23)24-8-10-3-5-11(22)6-4-10/h3-7,12,16-18,27-31H,2,8-9H2,1H3,(H,26,33)(H3,23,24,25). The van der Waals surface area contributed by atoms with E-state index in [0.29, 0.717) is 5.56 Å². The molecule has 1 aromatic heterocycles. The molecule has 0 aliphatic carbocycles. The molecule has 9 N–H and O–H groups in total. The number of anilines is 3. The Morgan fingerprint density at radius 2 is 1.80 bits per heavy atom. The van der Waals surface area contributed by atoms with E-state index in [1.807, 2.05) is 0 Å². The van der Waals surface area contributed by atoms with E-state index in [4.69, 9.17) is 20.3 Å². The zero-order valence-electron chi connectivity index (χ0n) is 18.6. The summed E-state index contributed by atoms with van der Waals surface area (Å²) >= 11 is 0. The Morgan fingerprint density at radius 1 is 1.14 bits per heavy atom. The lowest BCUT2D eigenvalue weighted by Crippen LogP contribution is -2.49. The lowest BCUT2D eigenvalue weighted by molar-refractivity contribution is -0.161. The van der Waals surface area contributed by atoms with Gasteiger partial charge in [-0.15, -0.1) is 0 Å². The number of carbonyl (C=O) groups is 2. The Hall–Kier alpha value is -3.56. The molecular formula is C21H27FN4O9. The van der Waals surface area contributed by atoms with Crippen LogP contribution in [-0.2, 0) is 16.1 Å². The van der Waals surface area contributed by atoms with Gasteiger partial charge in [0.15, 0.2) is 17.7 Å². The minimum atomic E-state index is -2.35. The van der Waals surface area contributed by atoms with Crippen molar-refractivity contribution in [3.63, 3.8) is 0 Å². The number of aliphatic hydroxyl groups is 5. The normalized spacial score (nSPS) is 14.4. The third-order valence-electron chi connectivity index (χ3n) is 4.61. The number of amides is 1. The molecule has 2 aromatic rings. The Balaban J connectivity index is 2.28. The number of benzene rings is 1. The summed E-state index contributed by atoms with van der Waals surface area (Å²) in [7, 11) is 0. The second kappa shape index (κ2) is 12.8. The molecular weight excluding hydrogens is 471 g/mol. The summed E-state index contributed by atoms with van der Waals surface area (Å²) in [6, 6.07) is 6.71. The van der Waals surface area contributed by atoms with Crippen molar-refractivity contribution in [3.05, 3.63) is 41.7 Å². The van der Waals surface area contributed by atoms with Crippen LogP contribution in [0.3, 0.4) is 0 Å². The summed E-state index contributed by atoms with van der Waals surface area (Å²) in [6.07, 6.45) is -9.44. The molecule has 2 rings (SSSR count). The monoisotopic (exact) mass is 498 g/mol. The number of aromatic nitrogens is 1. The summed E-state index contributed by atoms with van der Waals surface area (Å²) < 4.78 is 22.9. The number of nitrogens with two attached hydrogens (primary N) is 1. The highest BCUT2D eigenvalue weighted by Crippen LogP contribution is 2.33. The van der Waals surface area contributed by atoms with Crippen molar-refractivity contribution < 1.29 is 49.0 Å². The van der Waals surface area contributed by atoms with Crippen LogP contribution >= 0.6 is 0 Å². The number of ether oxygens (including phenoxy) is 2. The minimum Gasteiger partial charge on any atom is -0.450 e. The third-order valence-corrected chi connectivity index (χ3v) is 4.61. The number of halogens is 1. The SMILES string of the molecule is CCOC(=O)Nc1c(OC(=O)C(O)C(O)C(O)C(O)CO)cc(NCc2ccc(F)cc2)nc1N. The molecule has 0 radical (unpaired) electrons. The minimum absolute atomic E-state index is 0.0155. The van der Waals surface area contributed by atoms with Gasteiger partial charge in [-0.25, -0.2) is 19.0 Å². The summed E-state index contributed by atoms with van der Waals surface area (Å²) in [5.41, 5.74) is 6.28. The molecule has 0 aliphatic rings. The summed E-state index contributed by atoms with van der Waals surface area (Å²) in [5, 5.41) is 53.1. The van der Waals surface area contributed by atoms with E-state index in [2.05, 4.69) is 15.6 Å². The van der Waals surface area contributed by atoms with Crippen molar-refractivity contribution in [3.8, 4) is 5.75 Å². The molecule has 192 valence electrons. The molecule has 0 bridgehead atoms. The average Bonchev–Trinajstić information content (AvgIpc) is 2.83. The fraction of sp³-hybridized carbons (Fsp3) is 0.381. The van der Waals surface area contributed by atoms with E-state index in [0.717, 1.165) is 6.07 Å². The van der Waals surface area contributed by atoms with E-state index in [1.54, 1.807) is 6.92 Å². The van der Waals surface area contributed by atoms with Crippen molar-refractivity contribution in [2.75, 3.05) is 29.6 Å². The number of aliphatic hydroxyl groups excluding tert-OH is 5. The number of hydrogen-bond acceptors (Lipinski definition) is 12. The van der Waals surface area contributed by atoms with Gasteiger partial charge in [-0.2, -0.15) is 0 Å². The number of pyridine rings is 1. The van der Waals surface area contributed by atoms with Crippen LogP contribution in [-0.4, -0.2) is 80.2 Å². The highest BCUT2D eigenvalue weighted by atomic mass is 19.1. The quantitative estimate of drug-likeness (QED) is 0.181. The van der Waals surface area contributed by atoms with Crippen LogP contribution in [0.2, 0.25) is 0 Å². The topological polar surface area (TPSA) is 217 Å². The number of nitrogen functional groups attached to an aromatic ring is 1. The first-order valence-electron chi connectivity index (χ1n) is 10.3. The number of hydrogen-bond donors (Lipinski definition) is 8. The van der Waals surface area contributed by atoms with Gasteiger partial charge in [0.25, 0.3) is 0 Å². The molecule has 13 nitrogen and oxygen atoms in total. The first kappa shape index (κ1) is 27.7. The molecule has 0 saturated carbocycles. The summed E-state index contributed by atoms with van der Waals surface area (Å²) in [4.78, 5) is 28.4. The van der Waals surface area contributed by atoms with Crippen LogP contribution in [0, 0.1) is 5.82 Å². The Bertz CT molecular complexity index is 1010. The van der Waals surface area contributed by atoms with E-state index in [9.17, 15) is 34.4 Å². The average molecular weight is 498 g/mol. The predicted octanol–water partition coefficient (Wildman–Crippen LogP) is -0.675. The predicted molar refractivity (Wildman–Crippen MR) is 120 cm³/mol. The van der Waals surface area contributed by atoms with Crippen LogP contribution in [0.4, 0.5) is 26.5 Å². The van der Waals surface area contributed by atoms with Gasteiger partial charge in [-0.05, 0) is 24.6 Å². The molecule has 1 amide bonds. The fourth-order valence-electron chi connectivity index (χ4n) is 2.73. The van der Waals surface area contributed by atoms with Gasteiger partial charge in [-0.3, -0.25) is 5.32 Å². The zero-order chi connectivity index (χ0) is 26.1. The fourth-order valence-corrected chi connectivity index (χ4v) is 2.73. The van der Waals surface area contributed by atoms with Crippen molar-refractivity contribution >= 4 is 29.4 Å². The summed E-state index contributed by atoms with van der Waals surface area (Å²) in [6.45, 7) is 0.783. The molecule has 1 heterocycles. The van der Waals surface area contributed by atoms with Crippen molar-refractivity contribution in [1.29, 1.82) is 0 Å². The first-order chi connectivity index (χ1) is 16.6. The Morgan fingerprint density at radius 3 is 2.40 bits per heavy atom. The second-order valence-electron chi connectivity index (χ2n) is 7.19. The molecule has 0 aliphatic heterocycles. The third kappa shape index (κ3) is 7.73. The van der Waals surface area contributed by atoms with Crippen molar-refractivity contribution in [1.82, 2.24) is 4.98 Å². The lowest BCUT2D eigenvalue weighted by atomic mass is 10.0. The molecule has 4 unspecified atom stereocenters. The second-order valence-corrected chi connectivity index (χ2v) is 7.19. The number of nitrogens with zero attached hydrogens (tertiary/aromatic N) is 1. The molecule has 0 spiro atoms. The number of esters is 1. The molecule has 0 fully saturated rings. The van der Waals surface area contributed by atoms with Crippen LogP contribution in [0.5, 0.6) is 5.75 Å². The van der Waals surface area contributed by atoms with Crippen molar-refractivity contribution in [2.24, 2.45) is 0 Å². The van der Waals surface area contributed by atoms with Gasteiger partial charge in [0.1, 0.15) is 35.6 Å². The Kier molecular flexibility index (Phi) is 10.1. The maximum Gasteiger partial charge on any atom is 0.411 e. The van der Waals surface area contributed by atoms with Gasteiger partial charge >= 0.3 is 12.1 Å². The highest BCUT2D eigenvalue weighted by Gasteiger charge is 2.36. The van der Waals surface area contributed by atoms with Crippen LogP contribution < -0.4 is 21.1 Å². The number of carbonyl (C=O) groups excluding carboxylic acids is 2. The summed E-state index contributed by atoms with van der Waals surface area (Å²) in [5.74, 6) is -2.55. The smallest absolute Gasteiger partial charge is 0.411 e. The van der Waals surface area contributed by atoms with Crippen LogP contribution in [0.15, 0.2) is 30.3 Å². The van der Waals surface area contributed by atoms with Gasteiger partial charge in [0.2, 0.25) is 0 Å². The van der Waals surface area contributed by atoms with E-state index < -0.39 is 54.7 Å². The van der Waals surface area contributed by atoms with Crippen molar-refractivity contribution in [2.45, 2.75) is 37.9 Å². The molecule has 4 atom stereocenters. The van der Waals surface area contributed by atoms with Gasteiger partial charge in [0, 0.05) is 12.6 Å². The first-order valence-corrected chi connectivity index (χ1v) is 10.3. The number of nitrogens with one attached hydrogen (secondary N) is 2. The van der Waals surface area contributed by atoms with Crippen LogP contribution in [0.25, 0.3) is 0 Å². The molecule has 35 heavy (non-hydrogen) atoms. The van der Waals surface area contributed by atoms with Crippen LogP contribution in [0.1, 0.15) is 12.5 Å². The maximum atomic E-state index is 13.1. The molecule has 0 saturated heterocycles. The van der Waals surface area contributed by atoms with Gasteiger partial charge in [-0.1, -0.05) is 12.1 Å². The van der Waals surface area contributed by atoms with E-state index in [-0.39, 0.29) is 30.5 Å². The lowest BCUT2D eigenvalue weighted by Gasteiger charge is -2.24. The van der Waals surface area contributed by atoms with Gasteiger partial charge < -0.3 is 46.1 Å². The van der Waals surface area contributed by atoms with E-state index in [1.165, 1.54) is 24.3 Å². The van der Waals surface area contributed by atoms with Gasteiger partial charge in [0.05, 0.1) is 13.2 Å². The maximum absolute atomic E-state index is 13.1. The zero-order valence-corrected chi connectivity index (χ0v) is 18.6. The Labute approximate surface area is 198 Å². The molecule has 1 aromatic carbocycles. The number of rotatable bonds is 11. The van der Waals surface area contributed by atoms with E-state index >= 15 is 0 Å². The molecule has 14 heteroatoms. The highest BCUT2D eigenvalue weighted by molar-refractivity contribution is 5.93. The largest absolute Gasteiger partial charge is 0.450 e.